The molecular weight excluding hydrogens is 222 g/mol. The number of nitrogens with one attached hydrogen (secondary N) is 1. The molecule has 1 heterocycles. The highest BCUT2D eigenvalue weighted by Gasteiger charge is 2.26. The number of benzene rings is 1. The Morgan fingerprint density at radius 2 is 2.17 bits per heavy atom. The van der Waals surface area contributed by atoms with Crippen LogP contribution in [0.3, 0.4) is 0 Å². The Kier molecular flexibility index (Phi) is 4.28. The molecule has 1 aliphatic heterocycles. The van der Waals surface area contributed by atoms with E-state index in [0.717, 1.165) is 44.7 Å². The molecule has 100 valence electrons. The van der Waals surface area contributed by atoms with Crippen LogP contribution in [-0.2, 0) is 11.8 Å². The lowest BCUT2D eigenvalue weighted by Gasteiger charge is -2.30. The summed E-state index contributed by atoms with van der Waals surface area (Å²) in [5.41, 5.74) is 2.93. The zero-order valence-electron chi connectivity index (χ0n) is 11.9. The molecule has 0 radical (unpaired) electrons. The van der Waals surface area contributed by atoms with Crippen molar-refractivity contribution in [3.63, 3.8) is 0 Å². The van der Waals surface area contributed by atoms with Crippen molar-refractivity contribution in [2.45, 2.75) is 45.4 Å². The molecule has 0 saturated heterocycles. The second-order valence-electron chi connectivity index (χ2n) is 5.73. The summed E-state index contributed by atoms with van der Waals surface area (Å²) in [6.07, 6.45) is 3.45. The van der Waals surface area contributed by atoms with Gasteiger partial charge in [-0.1, -0.05) is 39.0 Å². The first-order valence-corrected chi connectivity index (χ1v) is 7.11. The van der Waals surface area contributed by atoms with Gasteiger partial charge in [0.1, 0.15) is 5.75 Å². The summed E-state index contributed by atoms with van der Waals surface area (Å²) in [5.74, 6) is 1.16. The van der Waals surface area contributed by atoms with E-state index in [4.69, 9.17) is 4.74 Å². The summed E-state index contributed by atoms with van der Waals surface area (Å²) in [6.45, 7) is 9.76. The van der Waals surface area contributed by atoms with Crippen LogP contribution in [0.4, 0.5) is 0 Å². The number of fused-ring (bicyclic) bond motifs is 1. The van der Waals surface area contributed by atoms with Crippen molar-refractivity contribution in [3.05, 3.63) is 29.3 Å². The van der Waals surface area contributed by atoms with Gasteiger partial charge in [0.25, 0.3) is 0 Å². The third kappa shape index (κ3) is 2.86. The highest BCUT2D eigenvalue weighted by atomic mass is 16.5. The van der Waals surface area contributed by atoms with Gasteiger partial charge < -0.3 is 10.1 Å². The van der Waals surface area contributed by atoms with E-state index in [0.29, 0.717) is 0 Å². The molecule has 1 aromatic rings. The number of hydrogen-bond donors (Lipinski definition) is 1. The summed E-state index contributed by atoms with van der Waals surface area (Å²) in [4.78, 5) is 0. The Labute approximate surface area is 111 Å². The van der Waals surface area contributed by atoms with Crippen LogP contribution in [-0.4, -0.2) is 19.7 Å². The SMILES string of the molecule is CCNCCC(C)(C)c1cccc2c1OCCC2. The summed E-state index contributed by atoms with van der Waals surface area (Å²) in [5, 5.41) is 3.41. The molecule has 0 saturated carbocycles. The van der Waals surface area contributed by atoms with Crippen molar-refractivity contribution in [2.75, 3.05) is 19.7 Å². The maximum absolute atomic E-state index is 5.93. The van der Waals surface area contributed by atoms with Gasteiger partial charge in [0.2, 0.25) is 0 Å². The van der Waals surface area contributed by atoms with Crippen LogP contribution in [0, 0.1) is 0 Å². The molecule has 0 unspecified atom stereocenters. The van der Waals surface area contributed by atoms with Gasteiger partial charge in [-0.3, -0.25) is 0 Å². The van der Waals surface area contributed by atoms with E-state index in [1.54, 1.807) is 0 Å². The van der Waals surface area contributed by atoms with Crippen molar-refractivity contribution in [2.24, 2.45) is 0 Å². The Morgan fingerprint density at radius 1 is 1.33 bits per heavy atom. The van der Waals surface area contributed by atoms with Crippen molar-refractivity contribution in [1.82, 2.24) is 5.32 Å². The van der Waals surface area contributed by atoms with Crippen LogP contribution in [0.25, 0.3) is 0 Å². The van der Waals surface area contributed by atoms with E-state index in [1.807, 2.05) is 0 Å². The van der Waals surface area contributed by atoms with Gasteiger partial charge in [-0.05, 0) is 43.3 Å². The molecule has 0 aromatic heterocycles. The Hall–Kier alpha value is -1.02. The molecule has 0 amide bonds. The first-order chi connectivity index (χ1) is 8.65. The van der Waals surface area contributed by atoms with E-state index in [-0.39, 0.29) is 5.41 Å². The van der Waals surface area contributed by atoms with Gasteiger partial charge in [-0.25, -0.2) is 0 Å². The molecule has 0 spiro atoms. The minimum absolute atomic E-state index is 0.171. The highest BCUT2D eigenvalue weighted by Crippen LogP contribution is 2.38. The molecule has 0 atom stereocenters. The predicted octanol–water partition coefficient (Wildman–Crippen LogP) is 3.29. The molecule has 2 nitrogen and oxygen atoms in total. The average molecular weight is 247 g/mol. The van der Waals surface area contributed by atoms with Crippen molar-refractivity contribution < 1.29 is 4.74 Å². The standard InChI is InChI=1S/C16H25NO/c1-4-17-11-10-16(2,3)14-9-5-7-13-8-6-12-18-15(13)14/h5,7,9,17H,4,6,8,10-12H2,1-3H3. The van der Waals surface area contributed by atoms with Crippen LogP contribution in [0.5, 0.6) is 5.75 Å². The van der Waals surface area contributed by atoms with E-state index < -0.39 is 0 Å². The van der Waals surface area contributed by atoms with Gasteiger partial charge in [0.05, 0.1) is 6.61 Å². The van der Waals surface area contributed by atoms with Crippen molar-refractivity contribution in [1.29, 1.82) is 0 Å². The molecular formula is C16H25NO. The minimum atomic E-state index is 0.171. The molecule has 1 aliphatic rings. The Bertz CT molecular complexity index is 398. The van der Waals surface area contributed by atoms with Crippen LogP contribution in [0.15, 0.2) is 18.2 Å². The lowest BCUT2D eigenvalue weighted by Crippen LogP contribution is -2.27. The zero-order valence-corrected chi connectivity index (χ0v) is 11.9. The zero-order chi connectivity index (χ0) is 13.0. The Balaban J connectivity index is 2.21. The van der Waals surface area contributed by atoms with Crippen LogP contribution >= 0.6 is 0 Å². The van der Waals surface area contributed by atoms with Gasteiger partial charge in [0, 0.05) is 5.56 Å². The van der Waals surface area contributed by atoms with Gasteiger partial charge in [0.15, 0.2) is 0 Å². The Morgan fingerprint density at radius 3 is 2.94 bits per heavy atom. The van der Waals surface area contributed by atoms with Crippen LogP contribution in [0.1, 0.15) is 44.7 Å². The third-order valence-corrected chi connectivity index (χ3v) is 3.84. The quantitative estimate of drug-likeness (QED) is 0.806. The number of para-hydroxylation sites is 1. The van der Waals surface area contributed by atoms with Gasteiger partial charge in [-0.2, -0.15) is 0 Å². The van der Waals surface area contributed by atoms with E-state index in [9.17, 15) is 0 Å². The molecule has 1 N–H and O–H groups in total. The highest BCUT2D eigenvalue weighted by molar-refractivity contribution is 5.46. The fourth-order valence-corrected chi connectivity index (χ4v) is 2.63. The number of ether oxygens (including phenoxy) is 1. The molecule has 0 fully saturated rings. The molecule has 0 aliphatic carbocycles. The summed E-state index contributed by atoms with van der Waals surface area (Å²) in [7, 11) is 0. The second-order valence-corrected chi connectivity index (χ2v) is 5.73. The molecule has 18 heavy (non-hydrogen) atoms. The summed E-state index contributed by atoms with van der Waals surface area (Å²) in [6, 6.07) is 6.62. The fraction of sp³-hybridized carbons (Fsp3) is 0.625. The molecule has 1 aromatic carbocycles. The van der Waals surface area contributed by atoms with Crippen LogP contribution in [0.2, 0.25) is 0 Å². The maximum Gasteiger partial charge on any atom is 0.126 e. The van der Waals surface area contributed by atoms with Crippen LogP contribution < -0.4 is 10.1 Å². The topological polar surface area (TPSA) is 21.3 Å². The largest absolute Gasteiger partial charge is 0.493 e. The van der Waals surface area contributed by atoms with Gasteiger partial charge >= 0.3 is 0 Å². The second kappa shape index (κ2) is 5.75. The first kappa shape index (κ1) is 13.4. The van der Waals surface area contributed by atoms with Crippen molar-refractivity contribution in [3.8, 4) is 5.75 Å². The number of hydrogen-bond acceptors (Lipinski definition) is 2. The number of aryl methyl sites for hydroxylation is 1. The number of rotatable bonds is 5. The monoisotopic (exact) mass is 247 g/mol. The fourth-order valence-electron chi connectivity index (χ4n) is 2.63. The first-order valence-electron chi connectivity index (χ1n) is 7.11. The van der Waals surface area contributed by atoms with Gasteiger partial charge in [-0.15, -0.1) is 0 Å². The minimum Gasteiger partial charge on any atom is -0.493 e. The smallest absolute Gasteiger partial charge is 0.126 e. The predicted molar refractivity (Wildman–Crippen MR) is 76.4 cm³/mol. The normalized spacial score (nSPS) is 15.1. The lowest BCUT2D eigenvalue weighted by molar-refractivity contribution is 0.277. The average Bonchev–Trinajstić information content (AvgIpc) is 2.38. The van der Waals surface area contributed by atoms with E-state index in [2.05, 4.69) is 44.3 Å². The summed E-state index contributed by atoms with van der Waals surface area (Å²) >= 11 is 0. The van der Waals surface area contributed by atoms with E-state index >= 15 is 0 Å². The third-order valence-electron chi connectivity index (χ3n) is 3.84. The molecule has 2 rings (SSSR count). The maximum atomic E-state index is 5.93. The lowest BCUT2D eigenvalue weighted by atomic mass is 9.79. The van der Waals surface area contributed by atoms with E-state index in [1.165, 1.54) is 11.1 Å². The molecule has 0 bridgehead atoms. The summed E-state index contributed by atoms with van der Waals surface area (Å²) < 4.78 is 5.93. The molecule has 2 heteroatoms. The van der Waals surface area contributed by atoms with Crippen molar-refractivity contribution >= 4 is 0 Å².